The SMILES string of the molecule is COc1ccc(-c2ccc(N3CCN(C(=O)c4ccc(Br)o4)CC3)nn2)cc1. The second-order valence-corrected chi connectivity index (χ2v) is 7.17. The van der Waals surface area contributed by atoms with Crippen molar-refractivity contribution in [3.05, 3.63) is 59.0 Å². The Bertz CT molecular complexity index is 948. The van der Waals surface area contributed by atoms with Gasteiger partial charge in [0.15, 0.2) is 16.2 Å². The van der Waals surface area contributed by atoms with Crippen LogP contribution >= 0.6 is 15.9 Å². The molecule has 0 spiro atoms. The highest BCUT2D eigenvalue weighted by atomic mass is 79.9. The fourth-order valence-electron chi connectivity index (χ4n) is 3.13. The lowest BCUT2D eigenvalue weighted by atomic mass is 10.1. The number of aromatic nitrogens is 2. The van der Waals surface area contributed by atoms with E-state index in [1.807, 2.05) is 36.4 Å². The maximum absolute atomic E-state index is 12.5. The first-order chi connectivity index (χ1) is 13.6. The zero-order valence-corrected chi connectivity index (χ0v) is 16.9. The number of carbonyl (C=O) groups excluding carboxylic acids is 1. The predicted molar refractivity (Wildman–Crippen MR) is 109 cm³/mol. The summed E-state index contributed by atoms with van der Waals surface area (Å²) in [6, 6.07) is 15.1. The summed E-state index contributed by atoms with van der Waals surface area (Å²) in [4.78, 5) is 16.4. The van der Waals surface area contributed by atoms with Crippen molar-refractivity contribution < 1.29 is 13.9 Å². The number of hydrogen-bond acceptors (Lipinski definition) is 6. The van der Waals surface area contributed by atoms with Gasteiger partial charge in [0.1, 0.15) is 5.75 Å². The van der Waals surface area contributed by atoms with Gasteiger partial charge >= 0.3 is 0 Å². The number of ether oxygens (including phenoxy) is 1. The molecule has 28 heavy (non-hydrogen) atoms. The lowest BCUT2D eigenvalue weighted by Gasteiger charge is -2.34. The monoisotopic (exact) mass is 442 g/mol. The van der Waals surface area contributed by atoms with Gasteiger partial charge in [-0.3, -0.25) is 4.79 Å². The lowest BCUT2D eigenvalue weighted by molar-refractivity contribution is 0.0713. The van der Waals surface area contributed by atoms with Crippen molar-refractivity contribution in [1.29, 1.82) is 0 Å². The second-order valence-electron chi connectivity index (χ2n) is 6.39. The molecular formula is C20H19BrN4O3. The summed E-state index contributed by atoms with van der Waals surface area (Å²) in [5.74, 6) is 1.88. The van der Waals surface area contributed by atoms with Gasteiger partial charge < -0.3 is 19.0 Å². The maximum atomic E-state index is 12.5. The normalized spacial score (nSPS) is 14.2. The summed E-state index contributed by atoms with van der Waals surface area (Å²) < 4.78 is 11.1. The molecule has 3 aromatic rings. The number of benzene rings is 1. The van der Waals surface area contributed by atoms with Crippen LogP contribution in [-0.2, 0) is 0 Å². The van der Waals surface area contributed by atoms with E-state index in [1.165, 1.54) is 0 Å². The molecule has 2 aromatic heterocycles. The molecule has 1 fully saturated rings. The molecule has 0 bridgehead atoms. The molecule has 0 saturated carbocycles. The summed E-state index contributed by atoms with van der Waals surface area (Å²) in [6.45, 7) is 2.62. The molecule has 0 N–H and O–H groups in total. The van der Waals surface area contributed by atoms with Gasteiger partial charge in [-0.15, -0.1) is 10.2 Å². The minimum absolute atomic E-state index is 0.0914. The van der Waals surface area contributed by atoms with Crippen molar-refractivity contribution in [2.45, 2.75) is 0 Å². The average molecular weight is 443 g/mol. The van der Waals surface area contributed by atoms with E-state index in [4.69, 9.17) is 9.15 Å². The fraction of sp³-hybridized carbons (Fsp3) is 0.250. The minimum Gasteiger partial charge on any atom is -0.497 e. The number of methoxy groups -OCH3 is 1. The highest BCUT2D eigenvalue weighted by molar-refractivity contribution is 9.10. The fourth-order valence-corrected chi connectivity index (χ4v) is 3.44. The third-order valence-corrected chi connectivity index (χ3v) is 5.14. The predicted octanol–water partition coefficient (Wildman–Crippen LogP) is 3.47. The van der Waals surface area contributed by atoms with Crippen LogP contribution in [0.15, 0.2) is 57.6 Å². The summed E-state index contributed by atoms with van der Waals surface area (Å²) in [7, 11) is 1.64. The van der Waals surface area contributed by atoms with Gasteiger partial charge in [0.25, 0.3) is 5.91 Å². The summed E-state index contributed by atoms with van der Waals surface area (Å²) in [5, 5.41) is 8.72. The lowest BCUT2D eigenvalue weighted by Crippen LogP contribution is -2.49. The first-order valence-electron chi connectivity index (χ1n) is 8.92. The van der Waals surface area contributed by atoms with Crippen LogP contribution < -0.4 is 9.64 Å². The Hall–Kier alpha value is -2.87. The van der Waals surface area contributed by atoms with Crippen LogP contribution in [0.5, 0.6) is 5.75 Å². The van der Waals surface area contributed by atoms with Crippen molar-refractivity contribution in [1.82, 2.24) is 15.1 Å². The van der Waals surface area contributed by atoms with E-state index in [2.05, 4.69) is 31.0 Å². The Morgan fingerprint density at radius 3 is 2.32 bits per heavy atom. The van der Waals surface area contributed by atoms with Crippen LogP contribution in [-0.4, -0.2) is 54.3 Å². The van der Waals surface area contributed by atoms with Crippen LogP contribution in [0.4, 0.5) is 5.82 Å². The highest BCUT2D eigenvalue weighted by Crippen LogP contribution is 2.22. The number of hydrogen-bond donors (Lipinski definition) is 0. The summed E-state index contributed by atoms with van der Waals surface area (Å²) in [6.07, 6.45) is 0. The van der Waals surface area contributed by atoms with Gasteiger partial charge in [0.2, 0.25) is 0 Å². The molecule has 1 amide bonds. The molecule has 3 heterocycles. The van der Waals surface area contributed by atoms with Crippen molar-refractivity contribution in [2.75, 3.05) is 38.2 Å². The highest BCUT2D eigenvalue weighted by Gasteiger charge is 2.25. The number of nitrogens with zero attached hydrogens (tertiary/aromatic N) is 4. The molecule has 7 nitrogen and oxygen atoms in total. The van der Waals surface area contributed by atoms with Gasteiger partial charge in [-0.25, -0.2) is 0 Å². The smallest absolute Gasteiger partial charge is 0.289 e. The van der Waals surface area contributed by atoms with E-state index in [-0.39, 0.29) is 5.91 Å². The number of furan rings is 1. The van der Waals surface area contributed by atoms with Crippen LogP contribution in [0.25, 0.3) is 11.3 Å². The molecule has 0 unspecified atom stereocenters. The standard InChI is InChI=1S/C20H19BrN4O3/c1-27-15-4-2-14(3-5-15)16-6-9-19(23-22-16)24-10-12-25(13-11-24)20(26)17-7-8-18(21)28-17/h2-9H,10-13H2,1H3. The number of rotatable bonds is 4. The zero-order valence-electron chi connectivity index (χ0n) is 15.3. The molecule has 4 rings (SSSR count). The molecule has 1 aromatic carbocycles. The first kappa shape index (κ1) is 18.5. The molecule has 8 heteroatoms. The third-order valence-electron chi connectivity index (χ3n) is 4.71. The van der Waals surface area contributed by atoms with E-state index in [9.17, 15) is 4.79 Å². The Kier molecular flexibility index (Phi) is 5.29. The van der Waals surface area contributed by atoms with Crippen molar-refractivity contribution in [2.24, 2.45) is 0 Å². The van der Waals surface area contributed by atoms with Crippen molar-refractivity contribution in [3.8, 4) is 17.0 Å². The number of carbonyl (C=O) groups is 1. The van der Waals surface area contributed by atoms with Crippen LogP contribution in [0.3, 0.4) is 0 Å². The van der Waals surface area contributed by atoms with Crippen molar-refractivity contribution in [3.63, 3.8) is 0 Å². The topological polar surface area (TPSA) is 71.7 Å². The summed E-state index contributed by atoms with van der Waals surface area (Å²) in [5.41, 5.74) is 1.79. The third kappa shape index (κ3) is 3.87. The Morgan fingerprint density at radius 1 is 1.00 bits per heavy atom. The molecule has 0 aliphatic carbocycles. The van der Waals surface area contributed by atoms with Gasteiger partial charge in [0.05, 0.1) is 12.8 Å². The van der Waals surface area contributed by atoms with Crippen LogP contribution in [0, 0.1) is 0 Å². The zero-order chi connectivity index (χ0) is 19.5. The van der Waals surface area contributed by atoms with E-state index < -0.39 is 0 Å². The maximum Gasteiger partial charge on any atom is 0.289 e. The molecular weight excluding hydrogens is 424 g/mol. The van der Waals surface area contributed by atoms with E-state index in [0.717, 1.165) is 22.8 Å². The molecule has 1 aliphatic rings. The minimum atomic E-state index is -0.0914. The molecule has 1 aliphatic heterocycles. The molecule has 0 radical (unpaired) electrons. The quantitative estimate of drug-likeness (QED) is 0.615. The molecule has 144 valence electrons. The Balaban J connectivity index is 1.38. The van der Waals surface area contributed by atoms with Crippen molar-refractivity contribution >= 4 is 27.7 Å². The van der Waals surface area contributed by atoms with E-state index in [0.29, 0.717) is 36.6 Å². The van der Waals surface area contributed by atoms with Gasteiger partial charge in [-0.1, -0.05) is 0 Å². The van der Waals surface area contributed by atoms with E-state index in [1.54, 1.807) is 24.1 Å². The van der Waals surface area contributed by atoms with Gasteiger partial charge in [0, 0.05) is 31.7 Å². The van der Waals surface area contributed by atoms with Gasteiger partial charge in [-0.2, -0.15) is 0 Å². The summed E-state index contributed by atoms with van der Waals surface area (Å²) >= 11 is 3.23. The van der Waals surface area contributed by atoms with Crippen LogP contribution in [0.2, 0.25) is 0 Å². The molecule has 1 saturated heterocycles. The van der Waals surface area contributed by atoms with Gasteiger partial charge in [-0.05, 0) is 64.5 Å². The Morgan fingerprint density at radius 2 is 1.75 bits per heavy atom. The average Bonchev–Trinajstić information content (AvgIpc) is 3.20. The number of amides is 1. The molecule has 0 atom stereocenters. The van der Waals surface area contributed by atoms with Crippen LogP contribution in [0.1, 0.15) is 10.6 Å². The first-order valence-corrected chi connectivity index (χ1v) is 9.71. The Labute approximate surface area is 171 Å². The van der Waals surface area contributed by atoms with E-state index >= 15 is 0 Å². The number of anilines is 1. The second kappa shape index (κ2) is 8.02. The largest absolute Gasteiger partial charge is 0.497 e. The number of halogens is 1. The number of piperazine rings is 1.